The first-order valence-corrected chi connectivity index (χ1v) is 6.40. The fourth-order valence-corrected chi connectivity index (χ4v) is 2.31. The highest BCUT2D eigenvalue weighted by atomic mass is 16.5. The van der Waals surface area contributed by atoms with Gasteiger partial charge in [-0.1, -0.05) is 0 Å². The molecule has 1 N–H and O–H groups in total. The molecule has 1 aliphatic heterocycles. The molecule has 0 aliphatic carbocycles. The molecule has 4 nitrogen and oxygen atoms in total. The third-order valence-electron chi connectivity index (χ3n) is 3.47. The van der Waals surface area contributed by atoms with Crippen LogP contribution in [0.1, 0.15) is 12.8 Å². The van der Waals surface area contributed by atoms with E-state index in [9.17, 15) is 0 Å². The highest BCUT2D eigenvalue weighted by Crippen LogP contribution is 2.30. The summed E-state index contributed by atoms with van der Waals surface area (Å²) in [6.07, 6.45) is 2.37. The average Bonchev–Trinajstić information content (AvgIpc) is 2.41. The number of benzene rings is 1. The lowest BCUT2D eigenvalue weighted by Gasteiger charge is -2.30. The average molecular weight is 250 g/mol. The zero-order valence-corrected chi connectivity index (χ0v) is 11.4. The van der Waals surface area contributed by atoms with Crippen molar-refractivity contribution < 1.29 is 9.47 Å². The van der Waals surface area contributed by atoms with Crippen LogP contribution in [0.3, 0.4) is 0 Å². The summed E-state index contributed by atoms with van der Waals surface area (Å²) in [7, 11) is 5.49. The summed E-state index contributed by atoms with van der Waals surface area (Å²) in [5, 5.41) is 3.57. The van der Waals surface area contributed by atoms with Crippen LogP contribution in [-0.4, -0.2) is 45.3 Å². The van der Waals surface area contributed by atoms with E-state index in [-0.39, 0.29) is 0 Å². The molecule has 0 bridgehead atoms. The van der Waals surface area contributed by atoms with E-state index in [0.717, 1.165) is 30.3 Å². The van der Waals surface area contributed by atoms with Gasteiger partial charge in [0.25, 0.3) is 0 Å². The van der Waals surface area contributed by atoms with Crippen LogP contribution in [0.2, 0.25) is 0 Å². The van der Waals surface area contributed by atoms with Crippen molar-refractivity contribution in [1.29, 1.82) is 0 Å². The molecule has 4 heteroatoms. The van der Waals surface area contributed by atoms with Crippen LogP contribution in [0.25, 0.3) is 0 Å². The number of methoxy groups -OCH3 is 2. The predicted octanol–water partition coefficient (Wildman–Crippen LogP) is 2.21. The van der Waals surface area contributed by atoms with E-state index in [0.29, 0.717) is 6.04 Å². The number of hydrogen-bond acceptors (Lipinski definition) is 4. The summed E-state index contributed by atoms with van der Waals surface area (Å²) in [6, 6.07) is 6.53. The third-order valence-corrected chi connectivity index (χ3v) is 3.47. The normalized spacial score (nSPS) is 17.5. The van der Waals surface area contributed by atoms with Crippen molar-refractivity contribution in [3.63, 3.8) is 0 Å². The minimum absolute atomic E-state index is 0.555. The lowest BCUT2D eigenvalue weighted by molar-refractivity contribution is 0.264. The van der Waals surface area contributed by atoms with Crippen LogP contribution in [0, 0.1) is 0 Å². The molecule has 1 aromatic carbocycles. The number of nitrogens with one attached hydrogen (secondary N) is 1. The highest BCUT2D eigenvalue weighted by Gasteiger charge is 2.16. The Balaban J connectivity index is 2.01. The maximum Gasteiger partial charge on any atom is 0.162 e. The van der Waals surface area contributed by atoms with Gasteiger partial charge in [-0.15, -0.1) is 0 Å². The number of piperidine rings is 1. The van der Waals surface area contributed by atoms with Crippen molar-refractivity contribution in [3.05, 3.63) is 18.2 Å². The maximum atomic E-state index is 5.31. The number of likely N-dealkylation sites (tertiary alicyclic amines) is 1. The number of ether oxygens (including phenoxy) is 2. The van der Waals surface area contributed by atoms with Gasteiger partial charge in [0.05, 0.1) is 14.2 Å². The molecule has 1 aromatic rings. The Morgan fingerprint density at radius 1 is 1.11 bits per heavy atom. The van der Waals surface area contributed by atoms with Crippen molar-refractivity contribution >= 4 is 5.69 Å². The Morgan fingerprint density at radius 3 is 2.39 bits per heavy atom. The minimum atomic E-state index is 0.555. The largest absolute Gasteiger partial charge is 0.493 e. The van der Waals surface area contributed by atoms with E-state index in [1.165, 1.54) is 12.8 Å². The van der Waals surface area contributed by atoms with Crippen molar-refractivity contribution in [2.24, 2.45) is 0 Å². The number of anilines is 1. The Hall–Kier alpha value is -1.42. The molecule has 2 rings (SSSR count). The first-order valence-electron chi connectivity index (χ1n) is 6.40. The predicted molar refractivity (Wildman–Crippen MR) is 73.7 cm³/mol. The Bertz CT molecular complexity index is 387. The van der Waals surface area contributed by atoms with Crippen molar-refractivity contribution in [2.75, 3.05) is 39.7 Å². The summed E-state index contributed by atoms with van der Waals surface area (Å²) in [5.41, 5.74) is 1.10. The molecule has 0 amide bonds. The molecular formula is C14H22N2O2. The van der Waals surface area contributed by atoms with Crippen LogP contribution in [0.15, 0.2) is 18.2 Å². The van der Waals surface area contributed by atoms with E-state index < -0.39 is 0 Å². The first-order chi connectivity index (χ1) is 8.72. The van der Waals surface area contributed by atoms with Crippen LogP contribution >= 0.6 is 0 Å². The van der Waals surface area contributed by atoms with E-state index in [1.807, 2.05) is 18.2 Å². The SMILES string of the molecule is COc1ccc(NC2CCN(C)CC2)cc1OC. The molecule has 0 spiro atoms. The molecule has 1 heterocycles. The van der Waals surface area contributed by atoms with Gasteiger partial charge in [-0.2, -0.15) is 0 Å². The molecule has 1 aliphatic rings. The first kappa shape index (κ1) is 13.0. The Labute approximate surface area is 109 Å². The van der Waals surface area contributed by atoms with Crippen LogP contribution < -0.4 is 14.8 Å². The molecule has 0 aromatic heterocycles. The van der Waals surface area contributed by atoms with Gasteiger partial charge in [0.15, 0.2) is 11.5 Å². The summed E-state index contributed by atoms with van der Waals surface area (Å²) < 4.78 is 10.5. The van der Waals surface area contributed by atoms with Gasteiger partial charge in [-0.05, 0) is 45.1 Å². The summed E-state index contributed by atoms with van der Waals surface area (Å²) >= 11 is 0. The van der Waals surface area contributed by atoms with Gasteiger partial charge < -0.3 is 19.7 Å². The topological polar surface area (TPSA) is 33.7 Å². The number of hydrogen-bond donors (Lipinski definition) is 1. The van der Waals surface area contributed by atoms with Gasteiger partial charge in [-0.3, -0.25) is 0 Å². The van der Waals surface area contributed by atoms with E-state index in [2.05, 4.69) is 17.3 Å². The van der Waals surface area contributed by atoms with Gasteiger partial charge in [0, 0.05) is 17.8 Å². The van der Waals surface area contributed by atoms with Crippen molar-refractivity contribution in [2.45, 2.75) is 18.9 Å². The second-order valence-electron chi connectivity index (χ2n) is 4.79. The van der Waals surface area contributed by atoms with E-state index in [4.69, 9.17) is 9.47 Å². The van der Waals surface area contributed by atoms with Gasteiger partial charge in [0.1, 0.15) is 0 Å². The van der Waals surface area contributed by atoms with Crippen LogP contribution in [0.5, 0.6) is 11.5 Å². The second kappa shape index (κ2) is 5.96. The van der Waals surface area contributed by atoms with Crippen molar-refractivity contribution in [3.8, 4) is 11.5 Å². The summed E-state index contributed by atoms with van der Waals surface area (Å²) in [4.78, 5) is 2.37. The lowest BCUT2D eigenvalue weighted by atomic mass is 10.1. The van der Waals surface area contributed by atoms with Gasteiger partial charge in [0.2, 0.25) is 0 Å². The fraction of sp³-hybridized carbons (Fsp3) is 0.571. The standard InChI is InChI=1S/C14H22N2O2/c1-16-8-6-11(7-9-16)15-12-4-5-13(17-2)14(10-12)18-3/h4-5,10-11,15H,6-9H2,1-3H3. The third kappa shape index (κ3) is 3.07. The molecule has 0 unspecified atom stereocenters. The van der Waals surface area contributed by atoms with E-state index in [1.54, 1.807) is 14.2 Å². The van der Waals surface area contributed by atoms with Crippen LogP contribution in [-0.2, 0) is 0 Å². The molecular weight excluding hydrogens is 228 g/mol. The quantitative estimate of drug-likeness (QED) is 0.888. The minimum Gasteiger partial charge on any atom is -0.493 e. The Morgan fingerprint density at radius 2 is 1.78 bits per heavy atom. The molecule has 0 atom stereocenters. The van der Waals surface area contributed by atoms with E-state index >= 15 is 0 Å². The monoisotopic (exact) mass is 250 g/mol. The van der Waals surface area contributed by atoms with Gasteiger partial charge >= 0.3 is 0 Å². The molecule has 0 radical (unpaired) electrons. The zero-order valence-electron chi connectivity index (χ0n) is 11.4. The second-order valence-corrected chi connectivity index (χ2v) is 4.79. The smallest absolute Gasteiger partial charge is 0.162 e. The maximum absolute atomic E-state index is 5.31. The summed E-state index contributed by atoms with van der Waals surface area (Å²) in [5.74, 6) is 1.54. The van der Waals surface area contributed by atoms with Crippen molar-refractivity contribution in [1.82, 2.24) is 4.90 Å². The lowest BCUT2D eigenvalue weighted by Crippen LogP contribution is -2.36. The Kier molecular flexibility index (Phi) is 4.31. The molecule has 1 fully saturated rings. The zero-order chi connectivity index (χ0) is 13.0. The fourth-order valence-electron chi connectivity index (χ4n) is 2.31. The summed E-state index contributed by atoms with van der Waals surface area (Å²) in [6.45, 7) is 2.32. The number of nitrogens with zero attached hydrogens (tertiary/aromatic N) is 1. The van der Waals surface area contributed by atoms with Gasteiger partial charge in [-0.25, -0.2) is 0 Å². The van der Waals surface area contributed by atoms with Crippen LogP contribution in [0.4, 0.5) is 5.69 Å². The molecule has 0 saturated carbocycles. The molecule has 18 heavy (non-hydrogen) atoms. The number of rotatable bonds is 4. The molecule has 100 valence electrons. The molecule has 1 saturated heterocycles. The highest BCUT2D eigenvalue weighted by molar-refractivity contribution is 5.55.